The molecule has 7 heteroatoms. The fourth-order valence-electron chi connectivity index (χ4n) is 1.30. The number of alkyl halides is 3. The van der Waals surface area contributed by atoms with Gasteiger partial charge in [-0.15, -0.1) is 0 Å². The van der Waals surface area contributed by atoms with E-state index in [1.54, 1.807) is 0 Å². The van der Waals surface area contributed by atoms with Crippen molar-refractivity contribution < 1.29 is 27.5 Å². The topological polar surface area (TPSA) is 63.3 Å². The van der Waals surface area contributed by atoms with Crippen molar-refractivity contribution in [2.45, 2.75) is 32.5 Å². The molecule has 0 aliphatic heterocycles. The van der Waals surface area contributed by atoms with Gasteiger partial charge in [-0.3, -0.25) is 4.79 Å². The molecule has 3 nitrogen and oxygen atoms in total. The van der Waals surface area contributed by atoms with Crippen LogP contribution >= 0.6 is 0 Å². The number of rotatable bonds is 3. The zero-order chi connectivity index (χ0) is 15.2. The van der Waals surface area contributed by atoms with Crippen LogP contribution in [0, 0.1) is 5.82 Å². The molecule has 0 saturated carbocycles. The number of carboxylic acid groups (broad SMARTS) is 1. The second kappa shape index (κ2) is 7.08. The Bertz CT molecular complexity index is 432. The summed E-state index contributed by atoms with van der Waals surface area (Å²) in [7, 11) is 0. The minimum Gasteiger partial charge on any atom is -0.481 e. The number of nitrogens with two attached hydrogens (primary N) is 1. The second-order valence-electron chi connectivity index (χ2n) is 3.48. The van der Waals surface area contributed by atoms with Gasteiger partial charge in [-0.05, 0) is 23.8 Å². The van der Waals surface area contributed by atoms with Gasteiger partial charge in [-0.1, -0.05) is 13.8 Å². The molecule has 0 heterocycles. The molecule has 0 aliphatic rings. The molecular formula is C12H15F4NO2. The Balaban J connectivity index is 0.00000154. The van der Waals surface area contributed by atoms with Crippen molar-refractivity contribution in [2.24, 2.45) is 5.73 Å². The number of aliphatic carboxylic acids is 1. The summed E-state index contributed by atoms with van der Waals surface area (Å²) in [4.78, 5) is 10.4. The van der Waals surface area contributed by atoms with Gasteiger partial charge in [0.2, 0.25) is 0 Å². The van der Waals surface area contributed by atoms with Crippen molar-refractivity contribution in [3.63, 3.8) is 0 Å². The van der Waals surface area contributed by atoms with Gasteiger partial charge < -0.3 is 10.8 Å². The number of carboxylic acids is 1. The molecule has 1 rings (SSSR count). The van der Waals surface area contributed by atoms with Crippen LogP contribution in [0.1, 0.15) is 37.4 Å². The van der Waals surface area contributed by atoms with Crippen molar-refractivity contribution >= 4 is 5.97 Å². The number of halogens is 4. The van der Waals surface area contributed by atoms with Crippen molar-refractivity contribution in [1.82, 2.24) is 0 Å². The van der Waals surface area contributed by atoms with Crippen molar-refractivity contribution in [3.05, 3.63) is 35.1 Å². The highest BCUT2D eigenvalue weighted by Gasteiger charge is 2.31. The molecule has 0 aliphatic carbocycles. The summed E-state index contributed by atoms with van der Waals surface area (Å²) in [5.74, 6) is -2.37. The Labute approximate surface area is 108 Å². The predicted molar refractivity (Wildman–Crippen MR) is 61.9 cm³/mol. The molecule has 3 N–H and O–H groups in total. The quantitative estimate of drug-likeness (QED) is 0.835. The van der Waals surface area contributed by atoms with Crippen LogP contribution in [0.25, 0.3) is 0 Å². The molecule has 0 spiro atoms. The minimum atomic E-state index is -4.69. The van der Waals surface area contributed by atoms with E-state index >= 15 is 0 Å². The summed E-state index contributed by atoms with van der Waals surface area (Å²) in [6, 6.07) is 0.598. The van der Waals surface area contributed by atoms with Crippen LogP contribution in [0.5, 0.6) is 0 Å². The van der Waals surface area contributed by atoms with E-state index in [-0.39, 0.29) is 5.56 Å². The van der Waals surface area contributed by atoms with Gasteiger partial charge in [-0.2, -0.15) is 13.2 Å². The molecule has 1 atom stereocenters. The van der Waals surface area contributed by atoms with E-state index in [0.29, 0.717) is 12.1 Å². The zero-order valence-corrected chi connectivity index (χ0v) is 10.5. The van der Waals surface area contributed by atoms with Crippen LogP contribution in [0.2, 0.25) is 0 Å². The molecule has 0 amide bonds. The van der Waals surface area contributed by atoms with E-state index in [0.717, 1.165) is 6.07 Å². The summed E-state index contributed by atoms with van der Waals surface area (Å²) in [6.45, 7) is 4.00. The first-order valence-corrected chi connectivity index (χ1v) is 5.55. The normalized spacial score (nSPS) is 12.4. The maximum absolute atomic E-state index is 13.0. The van der Waals surface area contributed by atoms with E-state index in [1.807, 2.05) is 13.8 Å². The Hall–Kier alpha value is -1.63. The lowest BCUT2D eigenvalue weighted by Crippen LogP contribution is -2.16. The van der Waals surface area contributed by atoms with Crippen LogP contribution in [0.15, 0.2) is 18.2 Å². The van der Waals surface area contributed by atoms with Crippen LogP contribution in [-0.4, -0.2) is 11.1 Å². The minimum absolute atomic E-state index is 0.195. The number of carbonyl (C=O) groups is 1. The van der Waals surface area contributed by atoms with Gasteiger partial charge in [0.1, 0.15) is 5.82 Å². The number of benzene rings is 1. The molecule has 1 aromatic rings. The Morgan fingerprint density at radius 3 is 2.26 bits per heavy atom. The van der Waals surface area contributed by atoms with Crippen molar-refractivity contribution in [1.29, 1.82) is 0 Å². The lowest BCUT2D eigenvalue weighted by molar-refractivity contribution is -0.138. The van der Waals surface area contributed by atoms with Crippen LogP contribution in [0.3, 0.4) is 0 Å². The molecule has 0 bridgehead atoms. The first-order valence-electron chi connectivity index (χ1n) is 5.55. The Morgan fingerprint density at radius 2 is 1.84 bits per heavy atom. The summed E-state index contributed by atoms with van der Waals surface area (Å²) < 4.78 is 50.0. The van der Waals surface area contributed by atoms with E-state index < -0.39 is 36.0 Å². The average molecular weight is 281 g/mol. The second-order valence-corrected chi connectivity index (χ2v) is 3.48. The van der Waals surface area contributed by atoms with E-state index in [4.69, 9.17) is 10.8 Å². The third-order valence-corrected chi connectivity index (χ3v) is 2.07. The van der Waals surface area contributed by atoms with Gasteiger partial charge in [0, 0.05) is 6.04 Å². The predicted octanol–water partition coefficient (Wildman–Crippen LogP) is 3.35. The van der Waals surface area contributed by atoms with E-state index in [1.165, 1.54) is 0 Å². The molecule has 1 unspecified atom stereocenters. The van der Waals surface area contributed by atoms with Crippen LogP contribution < -0.4 is 5.73 Å². The molecule has 0 fully saturated rings. The average Bonchev–Trinajstić information content (AvgIpc) is 2.28. The van der Waals surface area contributed by atoms with Gasteiger partial charge in [-0.25, -0.2) is 4.39 Å². The highest BCUT2D eigenvalue weighted by molar-refractivity contribution is 5.67. The molecule has 0 aromatic heterocycles. The highest BCUT2D eigenvalue weighted by atomic mass is 19.4. The van der Waals surface area contributed by atoms with E-state index in [2.05, 4.69) is 0 Å². The molecule has 0 radical (unpaired) electrons. The fraction of sp³-hybridized carbons (Fsp3) is 0.417. The standard InChI is InChI=1S/C10H9F4NO2.C2H6/c11-7-2-5(8(15)4-9(16)17)1-6(3-7)10(12,13)14;1-2/h1-3,8H,4,15H2,(H,16,17);1-2H3. The maximum Gasteiger partial charge on any atom is 0.416 e. The van der Waals surface area contributed by atoms with Gasteiger partial charge in [0.25, 0.3) is 0 Å². The third kappa shape index (κ3) is 5.69. The molecule has 0 saturated heterocycles. The smallest absolute Gasteiger partial charge is 0.416 e. The third-order valence-electron chi connectivity index (χ3n) is 2.07. The summed E-state index contributed by atoms with van der Waals surface area (Å²) >= 11 is 0. The summed E-state index contributed by atoms with van der Waals surface area (Å²) in [6.07, 6.45) is -5.26. The number of hydrogen-bond acceptors (Lipinski definition) is 2. The summed E-state index contributed by atoms with van der Waals surface area (Å²) in [5, 5.41) is 8.45. The van der Waals surface area contributed by atoms with E-state index in [9.17, 15) is 22.4 Å². The highest BCUT2D eigenvalue weighted by Crippen LogP contribution is 2.31. The molecular weight excluding hydrogens is 266 g/mol. The first-order chi connectivity index (χ1) is 8.70. The van der Waals surface area contributed by atoms with Crippen molar-refractivity contribution in [2.75, 3.05) is 0 Å². The number of hydrogen-bond donors (Lipinski definition) is 2. The SMILES string of the molecule is CC.NC(CC(=O)O)c1cc(F)cc(C(F)(F)F)c1. The largest absolute Gasteiger partial charge is 0.481 e. The molecule has 19 heavy (non-hydrogen) atoms. The fourth-order valence-corrected chi connectivity index (χ4v) is 1.30. The summed E-state index contributed by atoms with van der Waals surface area (Å²) in [5.41, 5.74) is 3.98. The molecule has 108 valence electrons. The van der Waals surface area contributed by atoms with Gasteiger partial charge in [0.15, 0.2) is 0 Å². The lowest BCUT2D eigenvalue weighted by Gasteiger charge is -2.13. The zero-order valence-electron chi connectivity index (χ0n) is 10.5. The Kier molecular flexibility index (Phi) is 6.47. The lowest BCUT2D eigenvalue weighted by atomic mass is 10.0. The Morgan fingerprint density at radius 1 is 1.32 bits per heavy atom. The maximum atomic E-state index is 13.0. The molecule has 1 aromatic carbocycles. The van der Waals surface area contributed by atoms with Crippen molar-refractivity contribution in [3.8, 4) is 0 Å². The van der Waals surface area contributed by atoms with Crippen LogP contribution in [-0.2, 0) is 11.0 Å². The monoisotopic (exact) mass is 281 g/mol. The van der Waals surface area contributed by atoms with Gasteiger partial charge in [0.05, 0.1) is 12.0 Å². The van der Waals surface area contributed by atoms with Crippen LogP contribution in [0.4, 0.5) is 17.6 Å². The van der Waals surface area contributed by atoms with Gasteiger partial charge >= 0.3 is 12.1 Å². The first kappa shape index (κ1) is 17.4.